The Morgan fingerprint density at radius 1 is 1.17 bits per heavy atom. The molecule has 35 heavy (non-hydrogen) atoms. The first-order valence-corrected chi connectivity index (χ1v) is 12.9. The Kier molecular flexibility index (Phi) is 6.45. The molecule has 1 saturated heterocycles. The smallest absolute Gasteiger partial charge is 0.322 e. The molecule has 4 atom stereocenters. The normalized spacial score (nSPS) is 27.7. The molecule has 1 aliphatic heterocycles. The van der Waals surface area contributed by atoms with Crippen molar-refractivity contribution in [2.75, 3.05) is 11.9 Å². The summed E-state index contributed by atoms with van der Waals surface area (Å²) < 4.78 is 5.88. The number of Topliss-reactive ketones (excluding diaryl/α,β-unsaturated/α-hetero) is 1. The summed E-state index contributed by atoms with van der Waals surface area (Å²) in [6.07, 6.45) is 6.02. The van der Waals surface area contributed by atoms with Gasteiger partial charge in [-0.3, -0.25) is 14.4 Å². The predicted octanol–water partition coefficient (Wildman–Crippen LogP) is 5.15. The van der Waals surface area contributed by atoms with Crippen LogP contribution >= 0.6 is 11.6 Å². The van der Waals surface area contributed by atoms with E-state index in [1.165, 1.54) is 12.8 Å². The van der Waals surface area contributed by atoms with Crippen LogP contribution in [0.2, 0.25) is 5.02 Å². The van der Waals surface area contributed by atoms with Gasteiger partial charge in [0.25, 0.3) is 0 Å². The van der Waals surface area contributed by atoms with E-state index in [1.807, 2.05) is 31.2 Å². The van der Waals surface area contributed by atoms with E-state index in [9.17, 15) is 14.4 Å². The van der Waals surface area contributed by atoms with E-state index in [0.29, 0.717) is 41.0 Å². The molecule has 0 radical (unpaired) electrons. The Bertz CT molecular complexity index is 1200. The van der Waals surface area contributed by atoms with Crippen molar-refractivity contribution in [3.8, 4) is 11.1 Å². The number of hydrogen-bond donors (Lipinski definition) is 2. The lowest BCUT2D eigenvalue weighted by atomic mass is 9.70. The second kappa shape index (κ2) is 9.40. The van der Waals surface area contributed by atoms with E-state index in [-0.39, 0.29) is 24.7 Å². The average Bonchev–Trinajstić information content (AvgIpc) is 3.37. The Balaban J connectivity index is 1.42. The van der Waals surface area contributed by atoms with Crippen LogP contribution in [0.15, 0.2) is 36.4 Å². The number of carbonyl (C=O) groups excluding carboxylic acids is 3. The number of esters is 1. The van der Waals surface area contributed by atoms with Gasteiger partial charge in [-0.25, -0.2) is 0 Å². The van der Waals surface area contributed by atoms with Gasteiger partial charge in [0.15, 0.2) is 11.4 Å². The summed E-state index contributed by atoms with van der Waals surface area (Å²) in [5.41, 5.74) is 8.16. The van der Waals surface area contributed by atoms with Crippen molar-refractivity contribution in [2.45, 2.75) is 63.4 Å². The molecule has 184 valence electrons. The van der Waals surface area contributed by atoms with Crippen LogP contribution in [0.5, 0.6) is 0 Å². The van der Waals surface area contributed by atoms with Gasteiger partial charge in [0.2, 0.25) is 5.91 Å². The standard InChI is InChI=1S/C28H31ClN2O4/c1-16-12-22(18-5-3-7-20(13-18)31-24(32)9-11-30)23(29)14-21(16)25-26(33)28(35-27(25)34)10-8-17-4-2-6-19(17)15-28/h3,5,7,12-14,17,19,25H,2,4,6,8-11,15,30H2,1H3,(H,31,32)/t17-,19+,25?,28+/m0/s1. The molecule has 2 aliphatic carbocycles. The molecule has 2 aromatic carbocycles. The SMILES string of the molecule is Cc1cc(-c2cccc(NC(=O)CCN)c2)c(Cl)cc1C1C(=O)O[C@@]2(CC[C@@H]3CCC[C@@H]3C2)C1=O. The minimum absolute atomic E-state index is 0.107. The molecule has 2 saturated carbocycles. The number of nitrogens with one attached hydrogen (secondary N) is 1. The highest BCUT2D eigenvalue weighted by atomic mass is 35.5. The van der Waals surface area contributed by atoms with Crippen molar-refractivity contribution in [3.05, 3.63) is 52.5 Å². The van der Waals surface area contributed by atoms with Crippen molar-refractivity contribution in [3.63, 3.8) is 0 Å². The first-order valence-electron chi connectivity index (χ1n) is 12.5. The predicted molar refractivity (Wildman–Crippen MR) is 135 cm³/mol. The molecule has 1 heterocycles. The average molecular weight is 495 g/mol. The Labute approximate surface area is 210 Å². The van der Waals surface area contributed by atoms with Gasteiger partial charge in [0.05, 0.1) is 0 Å². The molecule has 3 fully saturated rings. The molecule has 0 aromatic heterocycles. The van der Waals surface area contributed by atoms with Crippen LogP contribution in [0.4, 0.5) is 5.69 Å². The first kappa shape index (κ1) is 24.0. The van der Waals surface area contributed by atoms with Gasteiger partial charge >= 0.3 is 5.97 Å². The fourth-order valence-electron chi connectivity index (χ4n) is 6.31. The maximum Gasteiger partial charge on any atom is 0.322 e. The number of aryl methyl sites for hydroxylation is 1. The lowest BCUT2D eigenvalue weighted by Crippen LogP contribution is -2.43. The van der Waals surface area contributed by atoms with Gasteiger partial charge in [-0.1, -0.05) is 43.0 Å². The number of rotatable bonds is 5. The third kappa shape index (κ3) is 4.38. The molecule has 1 unspecified atom stereocenters. The van der Waals surface area contributed by atoms with E-state index in [4.69, 9.17) is 22.1 Å². The molecule has 3 N–H and O–H groups in total. The van der Waals surface area contributed by atoms with E-state index in [1.54, 1.807) is 12.1 Å². The van der Waals surface area contributed by atoms with Crippen molar-refractivity contribution >= 4 is 34.9 Å². The van der Waals surface area contributed by atoms with Gasteiger partial charge in [-0.2, -0.15) is 0 Å². The van der Waals surface area contributed by atoms with Crippen molar-refractivity contribution in [2.24, 2.45) is 17.6 Å². The number of anilines is 1. The van der Waals surface area contributed by atoms with Crippen molar-refractivity contribution < 1.29 is 19.1 Å². The van der Waals surface area contributed by atoms with Gasteiger partial charge in [0, 0.05) is 29.2 Å². The summed E-state index contributed by atoms with van der Waals surface area (Å²) >= 11 is 6.70. The zero-order chi connectivity index (χ0) is 24.7. The van der Waals surface area contributed by atoms with E-state index in [2.05, 4.69) is 5.32 Å². The molecule has 2 aromatic rings. The number of amides is 1. The van der Waals surface area contributed by atoms with Gasteiger partial charge in [0.1, 0.15) is 5.92 Å². The summed E-state index contributed by atoms with van der Waals surface area (Å²) in [5, 5.41) is 3.28. The molecule has 5 rings (SSSR count). The number of ether oxygens (including phenoxy) is 1. The first-order chi connectivity index (χ1) is 16.8. The van der Waals surface area contributed by atoms with Gasteiger partial charge < -0.3 is 15.8 Å². The molecular weight excluding hydrogens is 464 g/mol. The second-order valence-corrected chi connectivity index (χ2v) is 10.7. The molecule has 3 aliphatic rings. The summed E-state index contributed by atoms with van der Waals surface area (Å²) in [5.74, 6) is -0.503. The van der Waals surface area contributed by atoms with Crippen LogP contribution in [-0.4, -0.2) is 29.8 Å². The highest BCUT2D eigenvalue weighted by molar-refractivity contribution is 6.33. The zero-order valence-corrected chi connectivity index (χ0v) is 20.7. The van der Waals surface area contributed by atoms with Crippen molar-refractivity contribution in [1.82, 2.24) is 0 Å². The highest BCUT2D eigenvalue weighted by Gasteiger charge is 2.59. The van der Waals surface area contributed by atoms with E-state index < -0.39 is 17.5 Å². The summed E-state index contributed by atoms with van der Waals surface area (Å²) in [6.45, 7) is 2.17. The third-order valence-electron chi connectivity index (χ3n) is 8.07. The number of ketones is 1. The molecule has 0 bridgehead atoms. The molecule has 6 nitrogen and oxygen atoms in total. The topological polar surface area (TPSA) is 98.5 Å². The molecule has 1 spiro atoms. The van der Waals surface area contributed by atoms with Crippen LogP contribution in [-0.2, 0) is 19.1 Å². The minimum Gasteiger partial charge on any atom is -0.450 e. The fourth-order valence-corrected chi connectivity index (χ4v) is 6.59. The lowest BCUT2D eigenvalue weighted by Gasteiger charge is -2.37. The van der Waals surface area contributed by atoms with Gasteiger partial charge in [-0.15, -0.1) is 0 Å². The van der Waals surface area contributed by atoms with Crippen LogP contribution in [0.3, 0.4) is 0 Å². The summed E-state index contributed by atoms with van der Waals surface area (Å²) in [6, 6.07) is 11.0. The number of fused-ring (bicyclic) bond motifs is 1. The highest BCUT2D eigenvalue weighted by Crippen LogP contribution is 2.52. The maximum absolute atomic E-state index is 13.7. The Morgan fingerprint density at radius 3 is 2.77 bits per heavy atom. The lowest BCUT2D eigenvalue weighted by molar-refractivity contribution is -0.157. The Morgan fingerprint density at radius 2 is 1.97 bits per heavy atom. The number of nitrogens with two attached hydrogens (primary N) is 1. The number of hydrogen-bond acceptors (Lipinski definition) is 5. The van der Waals surface area contributed by atoms with Crippen molar-refractivity contribution in [1.29, 1.82) is 0 Å². The number of carbonyl (C=O) groups is 3. The Hall–Kier alpha value is -2.70. The largest absolute Gasteiger partial charge is 0.450 e. The summed E-state index contributed by atoms with van der Waals surface area (Å²) in [4.78, 5) is 38.6. The molecular formula is C28H31ClN2O4. The van der Waals surface area contributed by atoms with Crippen LogP contribution in [0.25, 0.3) is 11.1 Å². The second-order valence-electron chi connectivity index (χ2n) is 10.3. The third-order valence-corrected chi connectivity index (χ3v) is 8.38. The quantitative estimate of drug-likeness (QED) is 0.442. The van der Waals surface area contributed by atoms with Gasteiger partial charge in [-0.05, 0) is 79.0 Å². The summed E-state index contributed by atoms with van der Waals surface area (Å²) in [7, 11) is 0. The monoisotopic (exact) mass is 494 g/mol. The van der Waals surface area contributed by atoms with Crippen LogP contribution in [0.1, 0.15) is 62.0 Å². The van der Waals surface area contributed by atoms with E-state index in [0.717, 1.165) is 29.5 Å². The minimum atomic E-state index is -0.971. The number of halogens is 1. The zero-order valence-electron chi connectivity index (χ0n) is 19.9. The fraction of sp³-hybridized carbons (Fsp3) is 0.464. The molecule has 7 heteroatoms. The number of benzene rings is 2. The van der Waals surface area contributed by atoms with E-state index >= 15 is 0 Å². The van der Waals surface area contributed by atoms with Crippen LogP contribution in [0, 0.1) is 18.8 Å². The maximum atomic E-state index is 13.7. The molecule has 1 amide bonds. The van der Waals surface area contributed by atoms with Crippen LogP contribution < -0.4 is 11.1 Å².